The van der Waals surface area contributed by atoms with Gasteiger partial charge in [0.25, 0.3) is 0 Å². The van der Waals surface area contributed by atoms with Crippen LogP contribution in [0.5, 0.6) is 0 Å². The van der Waals surface area contributed by atoms with E-state index in [0.717, 1.165) is 19.4 Å². The molecule has 1 aromatic rings. The Morgan fingerprint density at radius 3 is 2.00 bits per heavy atom. The van der Waals surface area contributed by atoms with Crippen LogP contribution < -0.4 is 0 Å². The monoisotopic (exact) mass is 396 g/mol. The molecule has 1 aliphatic rings. The van der Waals surface area contributed by atoms with E-state index in [4.69, 9.17) is 23.7 Å². The molecule has 0 saturated carbocycles. The van der Waals surface area contributed by atoms with Crippen molar-refractivity contribution in [2.45, 2.75) is 58.1 Å². The number of carbonyl (C=O) groups is 3. The third-order valence-electron chi connectivity index (χ3n) is 3.91. The van der Waals surface area contributed by atoms with Gasteiger partial charge in [-0.15, -0.1) is 0 Å². The van der Waals surface area contributed by atoms with Crippen LogP contribution in [0.3, 0.4) is 0 Å². The van der Waals surface area contributed by atoms with Gasteiger partial charge in [0.05, 0.1) is 13.2 Å². The van der Waals surface area contributed by atoms with Crippen LogP contribution in [-0.2, 0) is 44.7 Å². The van der Waals surface area contributed by atoms with Crippen molar-refractivity contribution >= 4 is 17.9 Å². The van der Waals surface area contributed by atoms with Gasteiger partial charge in [0.15, 0.2) is 24.6 Å². The predicted molar refractivity (Wildman–Crippen MR) is 93.6 cm³/mol. The van der Waals surface area contributed by atoms with Gasteiger partial charge in [-0.25, -0.2) is 0 Å². The summed E-state index contributed by atoms with van der Waals surface area (Å²) in [4.78, 5) is 34.5. The Morgan fingerprint density at radius 2 is 1.43 bits per heavy atom. The zero-order chi connectivity index (χ0) is 20.7. The first-order valence-corrected chi connectivity index (χ1v) is 8.74. The van der Waals surface area contributed by atoms with E-state index in [9.17, 15) is 19.5 Å². The Balaban J connectivity index is 2.16. The van der Waals surface area contributed by atoms with E-state index in [1.807, 2.05) is 30.3 Å². The first-order chi connectivity index (χ1) is 13.3. The fraction of sp³-hybridized carbons (Fsp3) is 0.526. The fourth-order valence-corrected chi connectivity index (χ4v) is 2.87. The maximum atomic E-state index is 11.6. The molecule has 2 rings (SSSR count). The van der Waals surface area contributed by atoms with E-state index in [1.165, 1.54) is 6.92 Å². The molecule has 5 atom stereocenters. The van der Waals surface area contributed by atoms with Crippen molar-refractivity contribution < 1.29 is 43.2 Å². The molecule has 0 amide bonds. The van der Waals surface area contributed by atoms with Gasteiger partial charge in [-0.1, -0.05) is 30.3 Å². The number of aliphatic hydroxyl groups excluding tert-OH is 1. The SMILES string of the molecule is CC(=O)O[C@@H]1[C@@H](OC(C)=O)[C@@H](O)O[C@H](COCc2ccccc2)[C@@H]1OC(C)=O. The van der Waals surface area contributed by atoms with Gasteiger partial charge >= 0.3 is 17.9 Å². The minimum absolute atomic E-state index is 0.0611. The van der Waals surface area contributed by atoms with Crippen LogP contribution in [0.25, 0.3) is 0 Å². The maximum absolute atomic E-state index is 11.6. The molecule has 1 aliphatic heterocycles. The number of rotatable bonds is 7. The summed E-state index contributed by atoms with van der Waals surface area (Å²) in [5.74, 6) is -2.07. The lowest BCUT2D eigenvalue weighted by molar-refractivity contribution is -0.297. The average molecular weight is 396 g/mol. The molecule has 28 heavy (non-hydrogen) atoms. The van der Waals surface area contributed by atoms with Crippen LogP contribution >= 0.6 is 0 Å². The lowest BCUT2D eigenvalue weighted by Crippen LogP contribution is -2.62. The Morgan fingerprint density at radius 1 is 0.893 bits per heavy atom. The number of hydrogen-bond acceptors (Lipinski definition) is 9. The molecule has 0 spiro atoms. The highest BCUT2D eigenvalue weighted by Gasteiger charge is 2.51. The van der Waals surface area contributed by atoms with Gasteiger partial charge < -0.3 is 28.8 Å². The van der Waals surface area contributed by atoms with E-state index in [-0.39, 0.29) is 13.2 Å². The Kier molecular flexibility index (Phi) is 7.91. The minimum atomic E-state index is -1.59. The first-order valence-electron chi connectivity index (χ1n) is 8.74. The molecule has 1 aromatic carbocycles. The molecule has 1 N–H and O–H groups in total. The van der Waals surface area contributed by atoms with Crippen molar-refractivity contribution in [2.75, 3.05) is 6.61 Å². The number of aliphatic hydroxyl groups is 1. The van der Waals surface area contributed by atoms with Crippen molar-refractivity contribution in [1.82, 2.24) is 0 Å². The number of ether oxygens (including phenoxy) is 5. The molecule has 154 valence electrons. The molecule has 0 aliphatic carbocycles. The number of benzene rings is 1. The zero-order valence-electron chi connectivity index (χ0n) is 15.9. The summed E-state index contributed by atoms with van der Waals surface area (Å²) in [5, 5.41) is 10.3. The molecular formula is C19H24O9. The van der Waals surface area contributed by atoms with E-state index in [1.54, 1.807) is 0 Å². The highest BCUT2D eigenvalue weighted by Crippen LogP contribution is 2.28. The van der Waals surface area contributed by atoms with Crippen LogP contribution in [0.4, 0.5) is 0 Å². The normalized spacial score (nSPS) is 26.9. The van der Waals surface area contributed by atoms with E-state index in [2.05, 4.69) is 0 Å². The van der Waals surface area contributed by atoms with Crippen LogP contribution in [0.15, 0.2) is 30.3 Å². The number of hydrogen-bond donors (Lipinski definition) is 1. The smallest absolute Gasteiger partial charge is 0.303 e. The molecule has 1 fully saturated rings. The summed E-state index contributed by atoms with van der Waals surface area (Å²) in [5.41, 5.74) is 0.914. The van der Waals surface area contributed by atoms with Gasteiger partial charge in [0.2, 0.25) is 0 Å². The zero-order valence-corrected chi connectivity index (χ0v) is 15.9. The van der Waals surface area contributed by atoms with Crippen LogP contribution in [0, 0.1) is 0 Å². The van der Waals surface area contributed by atoms with E-state index in [0.29, 0.717) is 0 Å². The lowest BCUT2D eigenvalue weighted by Gasteiger charge is -2.42. The molecular weight excluding hydrogens is 372 g/mol. The Hall–Kier alpha value is -2.49. The number of carbonyl (C=O) groups excluding carboxylic acids is 3. The van der Waals surface area contributed by atoms with Gasteiger partial charge in [0.1, 0.15) is 6.10 Å². The van der Waals surface area contributed by atoms with Crippen LogP contribution in [0.1, 0.15) is 26.3 Å². The third kappa shape index (κ3) is 6.29. The van der Waals surface area contributed by atoms with E-state index >= 15 is 0 Å². The van der Waals surface area contributed by atoms with E-state index < -0.39 is 48.6 Å². The summed E-state index contributed by atoms with van der Waals surface area (Å²) in [6.07, 6.45) is -6.27. The maximum Gasteiger partial charge on any atom is 0.303 e. The summed E-state index contributed by atoms with van der Waals surface area (Å²) >= 11 is 0. The predicted octanol–water partition coefficient (Wildman–Crippen LogP) is 0.715. The van der Waals surface area contributed by atoms with Crippen LogP contribution in [-0.4, -0.2) is 60.3 Å². The van der Waals surface area contributed by atoms with Gasteiger partial charge in [-0.2, -0.15) is 0 Å². The molecule has 0 aromatic heterocycles. The van der Waals surface area contributed by atoms with Crippen molar-refractivity contribution in [3.8, 4) is 0 Å². The standard InChI is InChI=1S/C19H24O9/c1-11(20)25-16-15(10-24-9-14-7-5-4-6-8-14)28-19(23)18(27-13(3)22)17(16)26-12(2)21/h4-8,15-19,23H,9-10H2,1-3H3/t15-,16+,17+,18-,19+/m1/s1. The number of esters is 3. The molecule has 0 bridgehead atoms. The molecule has 1 heterocycles. The summed E-state index contributed by atoms with van der Waals surface area (Å²) in [6.45, 7) is 3.66. The molecule has 0 radical (unpaired) electrons. The van der Waals surface area contributed by atoms with Crippen LogP contribution in [0.2, 0.25) is 0 Å². The molecule has 9 nitrogen and oxygen atoms in total. The topological polar surface area (TPSA) is 118 Å². The molecule has 0 unspecified atom stereocenters. The van der Waals surface area contributed by atoms with Crippen molar-refractivity contribution in [2.24, 2.45) is 0 Å². The lowest BCUT2D eigenvalue weighted by atomic mass is 9.98. The minimum Gasteiger partial charge on any atom is -0.456 e. The summed E-state index contributed by atoms with van der Waals surface area (Å²) < 4.78 is 26.5. The first kappa shape index (κ1) is 21.8. The van der Waals surface area contributed by atoms with Crippen molar-refractivity contribution in [3.63, 3.8) is 0 Å². The van der Waals surface area contributed by atoms with Crippen molar-refractivity contribution in [3.05, 3.63) is 35.9 Å². The highest BCUT2D eigenvalue weighted by molar-refractivity contribution is 5.68. The Bertz CT molecular complexity index is 675. The molecule has 9 heteroatoms. The highest BCUT2D eigenvalue weighted by atomic mass is 16.7. The second-order valence-corrected chi connectivity index (χ2v) is 6.29. The van der Waals surface area contributed by atoms with Gasteiger partial charge in [-0.3, -0.25) is 14.4 Å². The fourth-order valence-electron chi connectivity index (χ4n) is 2.87. The Labute approximate surface area is 162 Å². The second kappa shape index (κ2) is 10.2. The van der Waals surface area contributed by atoms with Gasteiger partial charge in [0, 0.05) is 20.8 Å². The van der Waals surface area contributed by atoms with Crippen molar-refractivity contribution in [1.29, 1.82) is 0 Å². The average Bonchev–Trinajstić information content (AvgIpc) is 2.61. The second-order valence-electron chi connectivity index (χ2n) is 6.29. The molecule has 1 saturated heterocycles. The summed E-state index contributed by atoms with van der Waals surface area (Å²) in [7, 11) is 0. The quantitative estimate of drug-likeness (QED) is 0.525. The largest absolute Gasteiger partial charge is 0.456 e. The summed E-state index contributed by atoms with van der Waals surface area (Å²) in [6, 6.07) is 9.35. The third-order valence-corrected chi connectivity index (χ3v) is 3.91. The van der Waals surface area contributed by atoms with Gasteiger partial charge in [-0.05, 0) is 5.56 Å².